The normalized spacial score (nSPS) is 15.0. The maximum absolute atomic E-state index is 13.0. The van der Waals surface area contributed by atoms with Crippen molar-refractivity contribution in [2.24, 2.45) is 7.05 Å². The van der Waals surface area contributed by atoms with Crippen molar-refractivity contribution in [3.63, 3.8) is 0 Å². The van der Waals surface area contributed by atoms with E-state index in [4.69, 9.17) is 0 Å². The van der Waals surface area contributed by atoms with Crippen LogP contribution in [0.1, 0.15) is 0 Å². The van der Waals surface area contributed by atoms with Crippen LogP contribution in [0.5, 0.6) is 0 Å². The fraction of sp³-hybridized carbons (Fsp3) is 0.294. The quantitative estimate of drug-likeness (QED) is 0.698. The number of fused-ring (bicyclic) bond motifs is 1. The Labute approximate surface area is 143 Å². The van der Waals surface area contributed by atoms with E-state index in [1.54, 1.807) is 17.7 Å². The number of halogens is 1. The van der Waals surface area contributed by atoms with Crippen LogP contribution in [0.2, 0.25) is 0 Å². The Morgan fingerprint density at radius 1 is 1.00 bits per heavy atom. The van der Waals surface area contributed by atoms with E-state index in [1.165, 1.54) is 12.4 Å². The first-order chi connectivity index (χ1) is 12.1. The fourth-order valence-electron chi connectivity index (χ4n) is 3.06. The summed E-state index contributed by atoms with van der Waals surface area (Å²) in [6, 6.07) is 7.36. The number of hydrogen-bond donors (Lipinski definition) is 0. The molecule has 0 saturated carbocycles. The molecule has 0 N–H and O–H groups in total. The minimum absolute atomic E-state index is 0.0510. The summed E-state index contributed by atoms with van der Waals surface area (Å²) in [5.74, 6) is 0.725. The predicted molar refractivity (Wildman–Crippen MR) is 93.4 cm³/mol. The average molecular weight is 340 g/mol. The predicted octanol–water partition coefficient (Wildman–Crippen LogP) is 1.19. The van der Waals surface area contributed by atoms with Gasteiger partial charge in [0.15, 0.2) is 5.82 Å². The lowest BCUT2D eigenvalue weighted by atomic mass is 10.2. The second-order valence-electron chi connectivity index (χ2n) is 5.97. The number of nitrogens with zero attached hydrogens (tertiary/aromatic N) is 6. The van der Waals surface area contributed by atoms with E-state index < -0.39 is 5.82 Å². The van der Waals surface area contributed by atoms with Crippen molar-refractivity contribution >= 4 is 22.8 Å². The molecule has 7 nitrogen and oxygen atoms in total. The number of benzene rings is 1. The summed E-state index contributed by atoms with van der Waals surface area (Å²) in [6.45, 7) is 2.71. The zero-order valence-corrected chi connectivity index (χ0v) is 13.8. The van der Waals surface area contributed by atoms with Crippen LogP contribution in [-0.2, 0) is 7.05 Å². The molecule has 25 heavy (non-hydrogen) atoms. The number of para-hydroxylation sites is 1. The van der Waals surface area contributed by atoms with Crippen LogP contribution in [0, 0.1) is 5.82 Å². The summed E-state index contributed by atoms with van der Waals surface area (Å²) < 4.78 is 14.5. The monoisotopic (exact) mass is 340 g/mol. The number of rotatable bonds is 2. The van der Waals surface area contributed by atoms with Crippen LogP contribution in [0.25, 0.3) is 10.9 Å². The molecule has 3 heterocycles. The fourth-order valence-corrected chi connectivity index (χ4v) is 3.06. The van der Waals surface area contributed by atoms with E-state index in [9.17, 15) is 9.18 Å². The Morgan fingerprint density at radius 3 is 2.36 bits per heavy atom. The highest BCUT2D eigenvalue weighted by Gasteiger charge is 2.22. The van der Waals surface area contributed by atoms with Crippen molar-refractivity contribution in [2.45, 2.75) is 0 Å². The Hall–Kier alpha value is -3.03. The van der Waals surface area contributed by atoms with Gasteiger partial charge in [0.25, 0.3) is 5.56 Å². The van der Waals surface area contributed by atoms with Gasteiger partial charge in [-0.15, -0.1) is 0 Å². The van der Waals surface area contributed by atoms with Crippen molar-refractivity contribution < 1.29 is 4.39 Å². The molecule has 0 unspecified atom stereocenters. The molecule has 8 heteroatoms. The Balaban J connectivity index is 1.58. The molecule has 1 aliphatic rings. The van der Waals surface area contributed by atoms with Gasteiger partial charge in [-0.05, 0) is 12.1 Å². The van der Waals surface area contributed by atoms with Crippen LogP contribution in [-0.4, -0.2) is 45.7 Å². The molecule has 2 aromatic heterocycles. The Kier molecular flexibility index (Phi) is 3.79. The maximum atomic E-state index is 13.0. The number of anilines is 2. The molecular formula is C17H17FN6O. The van der Waals surface area contributed by atoms with Gasteiger partial charge in [-0.1, -0.05) is 12.1 Å². The Morgan fingerprint density at radius 2 is 1.64 bits per heavy atom. The SMILES string of the molecule is Cn1c(N2CCN(c3ncc(F)cn3)CC2)nc2ccccc2c1=O. The second-order valence-corrected chi connectivity index (χ2v) is 5.97. The van der Waals surface area contributed by atoms with Gasteiger partial charge in [0.1, 0.15) is 0 Å². The van der Waals surface area contributed by atoms with E-state index in [1.807, 2.05) is 23.1 Å². The lowest BCUT2D eigenvalue weighted by Crippen LogP contribution is -2.48. The Bertz CT molecular complexity index is 963. The van der Waals surface area contributed by atoms with Gasteiger partial charge in [0.05, 0.1) is 23.3 Å². The van der Waals surface area contributed by atoms with Gasteiger partial charge < -0.3 is 9.80 Å². The number of piperazine rings is 1. The minimum atomic E-state index is -0.447. The molecule has 0 bridgehead atoms. The summed E-state index contributed by atoms with van der Waals surface area (Å²) >= 11 is 0. The first-order valence-electron chi connectivity index (χ1n) is 8.07. The molecule has 1 aromatic carbocycles. The standard InChI is InChI=1S/C17H17FN6O/c1-22-15(25)13-4-2-3-5-14(13)21-17(22)24-8-6-23(7-9-24)16-19-10-12(18)11-20-16/h2-5,10-11H,6-9H2,1H3. The summed E-state index contributed by atoms with van der Waals surface area (Å²) in [5, 5.41) is 0.618. The smallest absolute Gasteiger partial charge is 0.262 e. The molecule has 0 aliphatic carbocycles. The van der Waals surface area contributed by atoms with Gasteiger partial charge in [0.2, 0.25) is 11.9 Å². The van der Waals surface area contributed by atoms with E-state index in [0.29, 0.717) is 49.0 Å². The minimum Gasteiger partial charge on any atom is -0.339 e. The summed E-state index contributed by atoms with van der Waals surface area (Å²) in [6.07, 6.45) is 2.34. The molecule has 4 rings (SSSR count). The van der Waals surface area contributed by atoms with Crippen molar-refractivity contribution in [3.05, 3.63) is 52.8 Å². The molecule has 1 aliphatic heterocycles. The van der Waals surface area contributed by atoms with Crippen LogP contribution in [0.4, 0.5) is 16.3 Å². The first kappa shape index (κ1) is 15.5. The molecule has 0 radical (unpaired) electrons. The zero-order valence-electron chi connectivity index (χ0n) is 13.8. The molecule has 1 saturated heterocycles. The van der Waals surface area contributed by atoms with Gasteiger partial charge in [0, 0.05) is 33.2 Å². The van der Waals surface area contributed by atoms with Crippen molar-refractivity contribution in [2.75, 3.05) is 36.0 Å². The third-order valence-electron chi connectivity index (χ3n) is 4.41. The van der Waals surface area contributed by atoms with Gasteiger partial charge in [-0.25, -0.2) is 19.3 Å². The maximum Gasteiger partial charge on any atom is 0.262 e. The van der Waals surface area contributed by atoms with Crippen LogP contribution in [0.3, 0.4) is 0 Å². The third kappa shape index (κ3) is 2.79. The highest BCUT2D eigenvalue weighted by molar-refractivity contribution is 5.78. The van der Waals surface area contributed by atoms with E-state index in [2.05, 4.69) is 19.9 Å². The van der Waals surface area contributed by atoms with Gasteiger partial charge in [-0.2, -0.15) is 0 Å². The molecule has 0 amide bonds. The summed E-state index contributed by atoms with van der Waals surface area (Å²) in [4.78, 5) is 29.3. The molecular weight excluding hydrogens is 323 g/mol. The lowest BCUT2D eigenvalue weighted by molar-refractivity contribution is 0.595. The second kappa shape index (κ2) is 6.12. The molecule has 0 spiro atoms. The summed E-state index contributed by atoms with van der Waals surface area (Å²) in [7, 11) is 1.74. The van der Waals surface area contributed by atoms with E-state index in [0.717, 1.165) is 0 Å². The first-order valence-corrected chi connectivity index (χ1v) is 8.07. The summed E-state index contributed by atoms with van der Waals surface area (Å²) in [5.41, 5.74) is 0.648. The zero-order chi connectivity index (χ0) is 17.4. The highest BCUT2D eigenvalue weighted by atomic mass is 19.1. The average Bonchev–Trinajstić information content (AvgIpc) is 2.65. The molecule has 3 aromatic rings. The number of hydrogen-bond acceptors (Lipinski definition) is 6. The van der Waals surface area contributed by atoms with Crippen molar-refractivity contribution in [1.82, 2.24) is 19.5 Å². The number of aromatic nitrogens is 4. The van der Waals surface area contributed by atoms with Gasteiger partial charge in [-0.3, -0.25) is 9.36 Å². The van der Waals surface area contributed by atoms with Crippen LogP contribution >= 0.6 is 0 Å². The van der Waals surface area contributed by atoms with E-state index >= 15 is 0 Å². The van der Waals surface area contributed by atoms with E-state index in [-0.39, 0.29) is 5.56 Å². The highest BCUT2D eigenvalue weighted by Crippen LogP contribution is 2.17. The third-order valence-corrected chi connectivity index (χ3v) is 4.41. The largest absolute Gasteiger partial charge is 0.339 e. The van der Waals surface area contributed by atoms with Crippen molar-refractivity contribution in [3.8, 4) is 0 Å². The lowest BCUT2D eigenvalue weighted by Gasteiger charge is -2.35. The molecule has 0 atom stereocenters. The topological polar surface area (TPSA) is 67.2 Å². The molecule has 128 valence electrons. The molecule has 1 fully saturated rings. The van der Waals surface area contributed by atoms with Gasteiger partial charge >= 0.3 is 0 Å². The van der Waals surface area contributed by atoms with Crippen LogP contribution in [0.15, 0.2) is 41.5 Å². The van der Waals surface area contributed by atoms with Crippen molar-refractivity contribution in [1.29, 1.82) is 0 Å². The van der Waals surface area contributed by atoms with Crippen LogP contribution < -0.4 is 15.4 Å².